The van der Waals surface area contributed by atoms with Crippen LogP contribution in [-0.2, 0) is 22.7 Å². The lowest BCUT2D eigenvalue weighted by Gasteiger charge is -2.11. The van der Waals surface area contributed by atoms with E-state index >= 15 is 0 Å². The van der Waals surface area contributed by atoms with Gasteiger partial charge in [0, 0.05) is 11.4 Å². The number of benzene rings is 2. The highest BCUT2D eigenvalue weighted by atomic mass is 32.2. The quantitative estimate of drug-likeness (QED) is 0.603. The van der Waals surface area contributed by atoms with Crippen LogP contribution in [0.25, 0.3) is 0 Å². The van der Waals surface area contributed by atoms with E-state index in [0.717, 1.165) is 22.6 Å². The first-order chi connectivity index (χ1) is 12.8. The summed E-state index contributed by atoms with van der Waals surface area (Å²) in [6.45, 7) is 0. The van der Waals surface area contributed by atoms with Crippen molar-refractivity contribution in [1.29, 1.82) is 0 Å². The molecule has 0 atom stereocenters. The van der Waals surface area contributed by atoms with Gasteiger partial charge in [-0.1, -0.05) is 0 Å². The Kier molecular flexibility index (Phi) is 7.36. The molecule has 0 unspecified atom stereocenters. The number of methoxy groups -OCH3 is 2. The van der Waals surface area contributed by atoms with Crippen LogP contribution in [0.4, 0.5) is 11.4 Å². The van der Waals surface area contributed by atoms with Crippen LogP contribution in [0.5, 0.6) is 11.5 Å². The average molecular weight is 393 g/mol. The van der Waals surface area contributed by atoms with Crippen molar-refractivity contribution in [3.05, 3.63) is 47.5 Å². The van der Waals surface area contributed by atoms with E-state index in [-0.39, 0.29) is 11.5 Å². The van der Waals surface area contributed by atoms with Crippen molar-refractivity contribution < 1.29 is 17.9 Å². The fraction of sp³-hybridized carbons (Fsp3) is 0.400. The van der Waals surface area contributed by atoms with Gasteiger partial charge in [-0.05, 0) is 73.2 Å². The summed E-state index contributed by atoms with van der Waals surface area (Å²) in [7, 11) is 0.0619. The van der Waals surface area contributed by atoms with Crippen LogP contribution in [0, 0.1) is 0 Å². The van der Waals surface area contributed by atoms with Gasteiger partial charge >= 0.3 is 0 Å². The molecule has 0 aliphatic rings. The predicted octanol–water partition coefficient (Wildman–Crippen LogP) is 2.85. The van der Waals surface area contributed by atoms with Crippen LogP contribution < -0.4 is 20.9 Å². The smallest absolute Gasteiger partial charge is 0.150 e. The zero-order chi connectivity index (χ0) is 19.9. The monoisotopic (exact) mass is 392 g/mol. The fourth-order valence-electron chi connectivity index (χ4n) is 3.05. The first-order valence-electron chi connectivity index (χ1n) is 8.90. The molecule has 27 heavy (non-hydrogen) atoms. The molecule has 7 heteroatoms. The highest BCUT2D eigenvalue weighted by Crippen LogP contribution is 2.24. The summed E-state index contributed by atoms with van der Waals surface area (Å²) in [4.78, 5) is 0. The van der Waals surface area contributed by atoms with E-state index in [0.29, 0.717) is 37.1 Å². The summed E-state index contributed by atoms with van der Waals surface area (Å²) in [5, 5.41) is 0. The van der Waals surface area contributed by atoms with E-state index in [1.54, 1.807) is 38.5 Å². The van der Waals surface area contributed by atoms with Crippen LogP contribution in [0.1, 0.15) is 24.0 Å². The van der Waals surface area contributed by atoms with E-state index in [9.17, 15) is 8.42 Å². The van der Waals surface area contributed by atoms with Crippen molar-refractivity contribution >= 4 is 21.2 Å². The van der Waals surface area contributed by atoms with E-state index in [1.807, 2.05) is 12.1 Å². The van der Waals surface area contributed by atoms with Crippen molar-refractivity contribution in [3.63, 3.8) is 0 Å². The van der Waals surface area contributed by atoms with Gasteiger partial charge in [0.1, 0.15) is 21.3 Å². The Morgan fingerprint density at radius 2 is 1.19 bits per heavy atom. The molecule has 0 aliphatic heterocycles. The molecule has 0 saturated carbocycles. The fourth-order valence-corrected chi connectivity index (χ4v) is 4.43. The van der Waals surface area contributed by atoms with Gasteiger partial charge in [-0.3, -0.25) is 0 Å². The van der Waals surface area contributed by atoms with Crippen LogP contribution in [0.3, 0.4) is 0 Å². The molecule has 2 aromatic carbocycles. The van der Waals surface area contributed by atoms with Gasteiger partial charge in [-0.25, -0.2) is 8.42 Å². The lowest BCUT2D eigenvalue weighted by Crippen LogP contribution is -2.13. The molecule has 0 amide bonds. The highest BCUT2D eigenvalue weighted by molar-refractivity contribution is 7.91. The molecule has 4 N–H and O–H groups in total. The number of anilines is 2. The first kappa shape index (κ1) is 20.9. The second-order valence-electron chi connectivity index (χ2n) is 6.50. The molecular formula is C20H28N2O4S. The molecule has 0 heterocycles. The minimum atomic E-state index is -3.13. The van der Waals surface area contributed by atoms with E-state index in [4.69, 9.17) is 20.9 Å². The van der Waals surface area contributed by atoms with Crippen molar-refractivity contribution in [2.75, 3.05) is 37.2 Å². The molecule has 2 rings (SSSR count). The predicted molar refractivity (Wildman–Crippen MR) is 110 cm³/mol. The van der Waals surface area contributed by atoms with Crippen molar-refractivity contribution in [1.82, 2.24) is 0 Å². The Labute approximate surface area is 161 Å². The third-order valence-electron chi connectivity index (χ3n) is 4.41. The second kappa shape index (κ2) is 9.50. The summed E-state index contributed by atoms with van der Waals surface area (Å²) < 4.78 is 35.3. The number of hydrogen-bond donors (Lipinski definition) is 2. The Morgan fingerprint density at radius 1 is 0.778 bits per heavy atom. The van der Waals surface area contributed by atoms with Gasteiger partial charge in [-0.15, -0.1) is 0 Å². The molecule has 0 aromatic heterocycles. The van der Waals surface area contributed by atoms with E-state index in [1.165, 1.54) is 0 Å². The molecule has 0 aliphatic carbocycles. The third kappa shape index (κ3) is 6.36. The SMILES string of the molecule is COc1ccc(N)cc1CCCS(=O)(=O)CCCc1cc(N)ccc1OC. The number of nitrogen functional groups attached to an aromatic ring is 2. The van der Waals surface area contributed by atoms with Gasteiger partial charge in [0.25, 0.3) is 0 Å². The molecule has 0 fully saturated rings. The number of hydrogen-bond acceptors (Lipinski definition) is 6. The standard InChI is InChI=1S/C20H28N2O4S/c1-25-19-9-7-17(21)13-15(19)5-3-11-27(23,24)12-4-6-16-14-18(22)8-10-20(16)26-2/h7-10,13-14H,3-6,11-12,21-22H2,1-2H3. The normalized spacial score (nSPS) is 11.3. The number of sulfone groups is 1. The lowest BCUT2D eigenvalue weighted by molar-refractivity contribution is 0.409. The van der Waals surface area contributed by atoms with Crippen molar-refractivity contribution in [2.45, 2.75) is 25.7 Å². The zero-order valence-electron chi connectivity index (χ0n) is 15.9. The highest BCUT2D eigenvalue weighted by Gasteiger charge is 2.13. The Bertz CT molecular complexity index is 801. The molecule has 0 bridgehead atoms. The Balaban J connectivity index is 1.85. The number of ether oxygens (including phenoxy) is 2. The molecule has 0 spiro atoms. The minimum absolute atomic E-state index is 0.138. The summed E-state index contributed by atoms with van der Waals surface area (Å²) in [5.74, 6) is 1.74. The Morgan fingerprint density at radius 3 is 1.56 bits per heavy atom. The Hall–Kier alpha value is -2.41. The van der Waals surface area contributed by atoms with Gasteiger partial charge in [-0.2, -0.15) is 0 Å². The van der Waals surface area contributed by atoms with E-state index in [2.05, 4.69) is 0 Å². The third-order valence-corrected chi connectivity index (χ3v) is 6.23. The summed E-state index contributed by atoms with van der Waals surface area (Å²) in [5.41, 5.74) is 14.7. The average Bonchev–Trinajstić information content (AvgIpc) is 2.62. The first-order valence-corrected chi connectivity index (χ1v) is 10.7. The zero-order valence-corrected chi connectivity index (χ0v) is 16.7. The molecular weight excluding hydrogens is 364 g/mol. The maximum Gasteiger partial charge on any atom is 0.150 e. The van der Waals surface area contributed by atoms with Crippen LogP contribution in [0.15, 0.2) is 36.4 Å². The lowest BCUT2D eigenvalue weighted by atomic mass is 10.1. The van der Waals surface area contributed by atoms with Crippen molar-refractivity contribution in [3.8, 4) is 11.5 Å². The summed E-state index contributed by atoms with van der Waals surface area (Å²) in [6, 6.07) is 10.8. The maximum atomic E-state index is 12.3. The van der Waals surface area contributed by atoms with Crippen LogP contribution in [-0.4, -0.2) is 34.1 Å². The van der Waals surface area contributed by atoms with Crippen LogP contribution >= 0.6 is 0 Å². The number of rotatable bonds is 10. The van der Waals surface area contributed by atoms with Crippen LogP contribution in [0.2, 0.25) is 0 Å². The minimum Gasteiger partial charge on any atom is -0.496 e. The number of aryl methyl sites for hydroxylation is 2. The largest absolute Gasteiger partial charge is 0.496 e. The second-order valence-corrected chi connectivity index (χ2v) is 8.81. The molecule has 0 radical (unpaired) electrons. The van der Waals surface area contributed by atoms with Gasteiger partial charge < -0.3 is 20.9 Å². The van der Waals surface area contributed by atoms with Gasteiger partial charge in [0.2, 0.25) is 0 Å². The van der Waals surface area contributed by atoms with Gasteiger partial charge in [0.15, 0.2) is 0 Å². The summed E-state index contributed by atoms with van der Waals surface area (Å²) >= 11 is 0. The molecule has 2 aromatic rings. The van der Waals surface area contributed by atoms with E-state index < -0.39 is 9.84 Å². The number of nitrogens with two attached hydrogens (primary N) is 2. The van der Waals surface area contributed by atoms with Gasteiger partial charge in [0.05, 0.1) is 25.7 Å². The summed E-state index contributed by atoms with van der Waals surface area (Å²) in [6.07, 6.45) is 2.28. The van der Waals surface area contributed by atoms with Crippen molar-refractivity contribution in [2.24, 2.45) is 0 Å². The maximum absolute atomic E-state index is 12.3. The molecule has 0 saturated heterocycles. The molecule has 148 valence electrons. The topological polar surface area (TPSA) is 105 Å². The molecule has 6 nitrogen and oxygen atoms in total.